The number of hydrogen-bond donors (Lipinski definition) is 2. The maximum Gasteiger partial charge on any atom is 0.230 e. The Kier molecular flexibility index (Phi) is 4.01. The van der Waals surface area contributed by atoms with Crippen LogP contribution in [0.5, 0.6) is 0 Å². The van der Waals surface area contributed by atoms with Gasteiger partial charge in [-0.05, 0) is 25.7 Å². The van der Waals surface area contributed by atoms with Gasteiger partial charge in [-0.15, -0.1) is 0 Å². The number of alkyl halides is 1. The lowest BCUT2D eigenvalue weighted by Crippen LogP contribution is -2.40. The summed E-state index contributed by atoms with van der Waals surface area (Å²) < 4.78 is 0. The maximum absolute atomic E-state index is 11.0. The third-order valence-electron chi connectivity index (χ3n) is 2.26. The van der Waals surface area contributed by atoms with Crippen LogP contribution in [-0.2, 0) is 4.79 Å². The summed E-state index contributed by atoms with van der Waals surface area (Å²) in [5.74, 6) is 0.0791. The Morgan fingerprint density at radius 2 is 2.00 bits per heavy atom. The molecule has 3 nitrogen and oxygen atoms in total. The van der Waals surface area contributed by atoms with Crippen molar-refractivity contribution >= 4 is 21.8 Å². The number of hydrogen-bond acceptors (Lipinski definition) is 2. The van der Waals surface area contributed by atoms with Crippen molar-refractivity contribution in [3.05, 3.63) is 0 Å². The van der Waals surface area contributed by atoms with Crippen LogP contribution in [0.2, 0.25) is 0 Å². The Hall–Kier alpha value is -0.0900. The fraction of sp³-hybridized carbons (Fsp3) is 0.875. The van der Waals surface area contributed by atoms with Gasteiger partial charge in [0.2, 0.25) is 5.91 Å². The van der Waals surface area contributed by atoms with E-state index < -0.39 is 0 Å². The van der Waals surface area contributed by atoms with Gasteiger partial charge in [0, 0.05) is 12.1 Å². The summed E-state index contributed by atoms with van der Waals surface area (Å²) in [4.78, 5) is 11.0. The minimum absolute atomic E-state index is 0.0791. The first-order valence-electron chi connectivity index (χ1n) is 4.33. The van der Waals surface area contributed by atoms with Gasteiger partial charge in [0.25, 0.3) is 0 Å². The van der Waals surface area contributed by atoms with Crippen LogP contribution in [0.4, 0.5) is 0 Å². The molecule has 0 aromatic rings. The zero-order valence-corrected chi connectivity index (χ0v) is 8.64. The van der Waals surface area contributed by atoms with Crippen molar-refractivity contribution in [1.82, 2.24) is 5.32 Å². The quantitative estimate of drug-likeness (QED) is 0.694. The molecule has 0 unspecified atom stereocenters. The van der Waals surface area contributed by atoms with Gasteiger partial charge in [-0.3, -0.25) is 4.79 Å². The smallest absolute Gasteiger partial charge is 0.230 e. The number of amides is 1. The molecule has 1 aliphatic carbocycles. The second kappa shape index (κ2) is 4.82. The Bertz CT molecular complexity index is 155. The summed E-state index contributed by atoms with van der Waals surface area (Å²) >= 11 is 3.12. The molecule has 1 aliphatic rings. The van der Waals surface area contributed by atoms with Crippen molar-refractivity contribution in [3.63, 3.8) is 0 Å². The fourth-order valence-electron chi connectivity index (χ4n) is 1.53. The van der Waals surface area contributed by atoms with Gasteiger partial charge in [-0.2, -0.15) is 0 Å². The van der Waals surface area contributed by atoms with Crippen LogP contribution in [0.25, 0.3) is 0 Å². The first-order valence-corrected chi connectivity index (χ1v) is 5.45. The molecule has 4 heteroatoms. The minimum atomic E-state index is 0.0791. The van der Waals surface area contributed by atoms with Crippen LogP contribution >= 0.6 is 15.9 Å². The Morgan fingerprint density at radius 3 is 2.50 bits per heavy atom. The summed E-state index contributed by atoms with van der Waals surface area (Å²) in [6.07, 6.45) is 4.13. The molecule has 0 spiro atoms. The predicted molar refractivity (Wildman–Crippen MR) is 52.2 cm³/mol. The molecule has 0 aromatic carbocycles. The monoisotopic (exact) mass is 234 g/mol. The van der Waals surface area contributed by atoms with Gasteiger partial charge >= 0.3 is 0 Å². The molecule has 0 bridgehead atoms. The van der Waals surface area contributed by atoms with Gasteiger partial charge in [0.1, 0.15) is 0 Å². The maximum atomic E-state index is 11.0. The molecule has 0 saturated heterocycles. The van der Waals surface area contributed by atoms with E-state index in [1.54, 1.807) is 0 Å². The van der Waals surface area contributed by atoms with E-state index in [4.69, 9.17) is 5.73 Å². The van der Waals surface area contributed by atoms with Crippen LogP contribution in [0, 0.1) is 0 Å². The zero-order chi connectivity index (χ0) is 8.97. The normalized spacial score (nSPS) is 29.8. The van der Waals surface area contributed by atoms with Gasteiger partial charge < -0.3 is 11.1 Å². The first-order chi connectivity index (χ1) is 5.72. The summed E-state index contributed by atoms with van der Waals surface area (Å²) in [6.45, 7) is 0. The highest BCUT2D eigenvalue weighted by Crippen LogP contribution is 2.16. The predicted octanol–water partition coefficient (Wildman–Crippen LogP) is 0.767. The molecule has 3 N–H and O–H groups in total. The lowest BCUT2D eigenvalue weighted by Gasteiger charge is -2.26. The molecule has 0 aromatic heterocycles. The highest BCUT2D eigenvalue weighted by atomic mass is 79.9. The van der Waals surface area contributed by atoms with Crippen molar-refractivity contribution < 1.29 is 4.79 Å². The molecular formula is C8H15BrN2O. The molecule has 1 saturated carbocycles. The fourth-order valence-corrected chi connectivity index (χ4v) is 1.69. The molecule has 0 aliphatic heterocycles. The molecule has 1 amide bonds. The number of rotatable bonds is 2. The van der Waals surface area contributed by atoms with E-state index in [1.165, 1.54) is 0 Å². The molecule has 0 radical (unpaired) electrons. The van der Waals surface area contributed by atoms with Crippen LogP contribution in [0.3, 0.4) is 0 Å². The number of carbonyl (C=O) groups is 1. The second-order valence-electron chi connectivity index (χ2n) is 3.31. The van der Waals surface area contributed by atoms with Gasteiger partial charge in [-0.1, -0.05) is 15.9 Å². The minimum Gasteiger partial charge on any atom is -0.353 e. The Morgan fingerprint density at radius 1 is 1.42 bits per heavy atom. The van der Waals surface area contributed by atoms with Crippen LogP contribution in [-0.4, -0.2) is 23.3 Å². The largest absolute Gasteiger partial charge is 0.353 e. The lowest BCUT2D eigenvalue weighted by molar-refractivity contribution is -0.119. The lowest BCUT2D eigenvalue weighted by atomic mass is 9.92. The number of halogens is 1. The first kappa shape index (κ1) is 9.99. The highest BCUT2D eigenvalue weighted by Gasteiger charge is 2.19. The average molecular weight is 235 g/mol. The summed E-state index contributed by atoms with van der Waals surface area (Å²) in [7, 11) is 0. The van der Waals surface area contributed by atoms with E-state index in [0.29, 0.717) is 17.4 Å². The number of nitrogens with two attached hydrogens (primary N) is 1. The van der Waals surface area contributed by atoms with Crippen molar-refractivity contribution in [3.8, 4) is 0 Å². The summed E-state index contributed by atoms with van der Waals surface area (Å²) in [5, 5.41) is 3.35. The Balaban J connectivity index is 2.21. The molecular weight excluding hydrogens is 220 g/mol. The zero-order valence-electron chi connectivity index (χ0n) is 7.05. The SMILES string of the molecule is NC1CCC(NC(=O)CBr)CC1. The van der Waals surface area contributed by atoms with E-state index >= 15 is 0 Å². The van der Waals surface area contributed by atoms with Crippen molar-refractivity contribution in [2.24, 2.45) is 5.73 Å². The molecule has 1 rings (SSSR count). The van der Waals surface area contributed by atoms with E-state index in [0.717, 1.165) is 25.7 Å². The molecule has 70 valence electrons. The van der Waals surface area contributed by atoms with E-state index in [2.05, 4.69) is 21.2 Å². The summed E-state index contributed by atoms with van der Waals surface area (Å²) in [6, 6.07) is 0.706. The van der Waals surface area contributed by atoms with E-state index in [-0.39, 0.29) is 5.91 Å². The molecule has 0 heterocycles. The standard InChI is InChI=1S/C8H15BrN2O/c9-5-8(12)11-7-3-1-6(10)2-4-7/h6-7H,1-5,10H2,(H,11,12). The van der Waals surface area contributed by atoms with Crippen molar-refractivity contribution in [2.45, 2.75) is 37.8 Å². The topological polar surface area (TPSA) is 55.1 Å². The Labute approximate surface area is 81.2 Å². The third-order valence-corrected chi connectivity index (χ3v) is 2.77. The number of nitrogens with one attached hydrogen (secondary N) is 1. The third kappa shape index (κ3) is 3.11. The molecule has 12 heavy (non-hydrogen) atoms. The van der Waals surface area contributed by atoms with Crippen LogP contribution in [0.1, 0.15) is 25.7 Å². The van der Waals surface area contributed by atoms with Crippen LogP contribution in [0.15, 0.2) is 0 Å². The highest BCUT2D eigenvalue weighted by molar-refractivity contribution is 9.09. The molecule has 0 atom stereocenters. The molecule has 1 fully saturated rings. The second-order valence-corrected chi connectivity index (χ2v) is 3.87. The van der Waals surface area contributed by atoms with Crippen LogP contribution < -0.4 is 11.1 Å². The van der Waals surface area contributed by atoms with Crippen molar-refractivity contribution in [1.29, 1.82) is 0 Å². The van der Waals surface area contributed by atoms with Gasteiger partial charge in [0.15, 0.2) is 0 Å². The average Bonchev–Trinajstić information content (AvgIpc) is 2.09. The van der Waals surface area contributed by atoms with E-state index in [1.807, 2.05) is 0 Å². The number of carbonyl (C=O) groups excluding carboxylic acids is 1. The van der Waals surface area contributed by atoms with Gasteiger partial charge in [0.05, 0.1) is 5.33 Å². The van der Waals surface area contributed by atoms with E-state index in [9.17, 15) is 4.79 Å². The van der Waals surface area contributed by atoms with Crippen molar-refractivity contribution in [2.75, 3.05) is 5.33 Å². The van der Waals surface area contributed by atoms with Gasteiger partial charge in [-0.25, -0.2) is 0 Å². The summed E-state index contributed by atoms with van der Waals surface area (Å²) in [5.41, 5.74) is 5.74.